The summed E-state index contributed by atoms with van der Waals surface area (Å²) in [5.41, 5.74) is 2.85. The highest BCUT2D eigenvalue weighted by Crippen LogP contribution is 2.25. The lowest BCUT2D eigenvalue weighted by Gasteiger charge is -2.22. The Kier molecular flexibility index (Phi) is 7.33. The van der Waals surface area contributed by atoms with Crippen LogP contribution in [0.25, 0.3) is 11.6 Å². The van der Waals surface area contributed by atoms with Crippen LogP contribution < -0.4 is 5.32 Å². The number of non-ortho nitro benzene ring substituents is 1. The molecule has 0 aromatic heterocycles. The second-order valence-electron chi connectivity index (χ2n) is 7.84. The average Bonchev–Trinajstić information content (AvgIpc) is 2.78. The van der Waals surface area contributed by atoms with Crippen LogP contribution in [0.4, 0.5) is 5.69 Å². The van der Waals surface area contributed by atoms with E-state index in [9.17, 15) is 14.9 Å². The second-order valence-corrected chi connectivity index (χ2v) is 7.84. The Balaban J connectivity index is 1.98. The van der Waals surface area contributed by atoms with Crippen LogP contribution in [0.5, 0.6) is 0 Å². The molecule has 31 heavy (non-hydrogen) atoms. The summed E-state index contributed by atoms with van der Waals surface area (Å²) >= 11 is 0. The fourth-order valence-corrected chi connectivity index (χ4v) is 3.46. The highest BCUT2D eigenvalue weighted by Gasteiger charge is 2.20. The molecular formula is C26H26N2O3. The molecule has 0 aliphatic heterocycles. The fourth-order valence-electron chi connectivity index (χ4n) is 3.46. The van der Waals surface area contributed by atoms with Gasteiger partial charge >= 0.3 is 0 Å². The van der Waals surface area contributed by atoms with Crippen molar-refractivity contribution < 1.29 is 9.72 Å². The van der Waals surface area contributed by atoms with Crippen LogP contribution in [0, 0.1) is 16.0 Å². The van der Waals surface area contributed by atoms with Crippen molar-refractivity contribution in [3.8, 4) is 0 Å². The molecule has 0 aliphatic carbocycles. The van der Waals surface area contributed by atoms with E-state index in [1.807, 2.05) is 60.7 Å². The van der Waals surface area contributed by atoms with Crippen LogP contribution in [-0.2, 0) is 4.79 Å². The number of hydrogen-bond donors (Lipinski definition) is 1. The maximum atomic E-state index is 13.4. The summed E-state index contributed by atoms with van der Waals surface area (Å²) in [4.78, 5) is 24.1. The fraction of sp³-hybridized carbons (Fsp3) is 0.192. The molecule has 0 heterocycles. The summed E-state index contributed by atoms with van der Waals surface area (Å²) < 4.78 is 0. The first kappa shape index (κ1) is 22.0. The van der Waals surface area contributed by atoms with Gasteiger partial charge in [0.2, 0.25) is 0 Å². The van der Waals surface area contributed by atoms with Crippen LogP contribution in [0.15, 0.2) is 84.9 Å². The third-order valence-corrected chi connectivity index (χ3v) is 4.94. The zero-order chi connectivity index (χ0) is 22.2. The number of carbonyl (C=O) groups excluding carboxylic acids is 1. The Morgan fingerprint density at radius 2 is 1.61 bits per heavy atom. The first-order chi connectivity index (χ1) is 14.9. The van der Waals surface area contributed by atoms with Crippen LogP contribution in [0.3, 0.4) is 0 Å². The van der Waals surface area contributed by atoms with Gasteiger partial charge in [0.15, 0.2) is 0 Å². The molecule has 1 amide bonds. The van der Waals surface area contributed by atoms with E-state index in [0.29, 0.717) is 17.1 Å². The predicted octanol–water partition coefficient (Wildman–Crippen LogP) is 6.04. The van der Waals surface area contributed by atoms with Gasteiger partial charge in [0, 0.05) is 17.7 Å². The molecule has 0 saturated heterocycles. The normalized spacial score (nSPS) is 12.4. The van der Waals surface area contributed by atoms with Gasteiger partial charge in [-0.05, 0) is 35.1 Å². The van der Waals surface area contributed by atoms with E-state index in [1.54, 1.807) is 18.2 Å². The van der Waals surface area contributed by atoms with Gasteiger partial charge in [0.1, 0.15) is 0 Å². The number of carbonyl (C=O) groups is 1. The van der Waals surface area contributed by atoms with Crippen LogP contribution in [0.1, 0.15) is 43.0 Å². The molecule has 0 fully saturated rings. The molecular weight excluding hydrogens is 388 g/mol. The topological polar surface area (TPSA) is 72.2 Å². The van der Waals surface area contributed by atoms with Gasteiger partial charge in [-0.25, -0.2) is 0 Å². The number of nitro benzene ring substituents is 1. The maximum absolute atomic E-state index is 13.4. The van der Waals surface area contributed by atoms with E-state index in [-0.39, 0.29) is 17.6 Å². The average molecular weight is 415 g/mol. The summed E-state index contributed by atoms with van der Waals surface area (Å²) in [5, 5.41) is 14.3. The van der Waals surface area contributed by atoms with E-state index in [4.69, 9.17) is 0 Å². The minimum Gasteiger partial charge on any atom is -0.345 e. The van der Waals surface area contributed by atoms with Crippen LogP contribution in [0.2, 0.25) is 0 Å². The third kappa shape index (κ3) is 6.12. The zero-order valence-electron chi connectivity index (χ0n) is 17.7. The molecule has 0 saturated carbocycles. The van der Waals surface area contributed by atoms with Gasteiger partial charge < -0.3 is 5.32 Å². The molecule has 3 rings (SSSR count). The van der Waals surface area contributed by atoms with Gasteiger partial charge in [-0.15, -0.1) is 0 Å². The molecule has 158 valence electrons. The van der Waals surface area contributed by atoms with Crippen LogP contribution in [-0.4, -0.2) is 10.8 Å². The molecule has 1 N–H and O–H groups in total. The zero-order valence-corrected chi connectivity index (χ0v) is 17.7. The second kappa shape index (κ2) is 10.3. The number of hydrogen-bond acceptors (Lipinski definition) is 3. The van der Waals surface area contributed by atoms with Gasteiger partial charge in [-0.1, -0.05) is 86.6 Å². The Labute approximate surface area is 182 Å². The molecule has 5 nitrogen and oxygen atoms in total. The van der Waals surface area contributed by atoms with Crippen molar-refractivity contribution in [3.05, 3.63) is 112 Å². The standard InChI is InChI=1S/C26H26N2O3/c1-19(2)16-25(22-13-7-4-8-14-22)27-26(29)24(21-11-5-3-6-12-21)18-20-10-9-15-23(17-20)28(30)31/h3-15,17-19,25H,16H2,1-2H3,(H,27,29)/b24-18+. The molecule has 1 atom stereocenters. The van der Waals surface area contributed by atoms with Crippen molar-refractivity contribution >= 4 is 23.2 Å². The largest absolute Gasteiger partial charge is 0.345 e. The predicted molar refractivity (Wildman–Crippen MR) is 124 cm³/mol. The Morgan fingerprint density at radius 3 is 2.23 bits per heavy atom. The molecule has 3 aromatic carbocycles. The molecule has 0 aliphatic rings. The Bertz CT molecular complexity index is 1060. The molecule has 3 aromatic rings. The Morgan fingerprint density at radius 1 is 0.968 bits per heavy atom. The lowest BCUT2D eigenvalue weighted by molar-refractivity contribution is -0.384. The van der Waals surface area contributed by atoms with Crippen molar-refractivity contribution in [2.45, 2.75) is 26.3 Å². The minimum absolute atomic E-state index is 0.0106. The maximum Gasteiger partial charge on any atom is 0.270 e. The lowest BCUT2D eigenvalue weighted by Crippen LogP contribution is -2.30. The SMILES string of the molecule is CC(C)CC(NC(=O)/C(=C/c1cccc([N+](=O)[O-])c1)c1ccccc1)c1ccccc1. The van der Waals surface area contributed by atoms with Gasteiger partial charge in [0.05, 0.1) is 11.0 Å². The molecule has 1 unspecified atom stereocenters. The summed E-state index contributed by atoms with van der Waals surface area (Å²) in [6.07, 6.45) is 2.50. The quantitative estimate of drug-likeness (QED) is 0.211. The smallest absolute Gasteiger partial charge is 0.270 e. The van der Waals surface area contributed by atoms with Crippen LogP contribution >= 0.6 is 0 Å². The van der Waals surface area contributed by atoms with E-state index in [0.717, 1.165) is 17.5 Å². The summed E-state index contributed by atoms with van der Waals surface area (Å²) in [6.45, 7) is 4.25. The third-order valence-electron chi connectivity index (χ3n) is 4.94. The molecule has 0 spiro atoms. The number of nitro groups is 1. The van der Waals surface area contributed by atoms with E-state index in [1.165, 1.54) is 12.1 Å². The lowest BCUT2D eigenvalue weighted by atomic mass is 9.95. The number of amides is 1. The first-order valence-corrected chi connectivity index (χ1v) is 10.3. The number of nitrogens with zero attached hydrogens (tertiary/aromatic N) is 1. The molecule has 0 radical (unpaired) electrons. The van der Waals surface area contributed by atoms with Gasteiger partial charge in [0.25, 0.3) is 11.6 Å². The van der Waals surface area contributed by atoms with E-state index >= 15 is 0 Å². The van der Waals surface area contributed by atoms with Crippen molar-refractivity contribution in [2.24, 2.45) is 5.92 Å². The Hall–Kier alpha value is -3.73. The molecule has 5 heteroatoms. The van der Waals surface area contributed by atoms with Gasteiger partial charge in [-0.2, -0.15) is 0 Å². The van der Waals surface area contributed by atoms with E-state index in [2.05, 4.69) is 19.2 Å². The summed E-state index contributed by atoms with van der Waals surface area (Å²) in [7, 11) is 0. The minimum atomic E-state index is -0.437. The van der Waals surface area contributed by atoms with E-state index < -0.39 is 4.92 Å². The summed E-state index contributed by atoms with van der Waals surface area (Å²) in [6, 6.07) is 25.4. The molecule has 0 bridgehead atoms. The highest BCUT2D eigenvalue weighted by molar-refractivity contribution is 6.24. The summed E-state index contributed by atoms with van der Waals surface area (Å²) in [5.74, 6) is 0.179. The number of rotatable bonds is 8. The first-order valence-electron chi connectivity index (χ1n) is 10.3. The van der Waals surface area contributed by atoms with Crippen molar-refractivity contribution in [3.63, 3.8) is 0 Å². The van der Waals surface area contributed by atoms with Crippen molar-refractivity contribution in [2.75, 3.05) is 0 Å². The number of nitrogens with one attached hydrogen (secondary N) is 1. The van der Waals surface area contributed by atoms with Gasteiger partial charge in [-0.3, -0.25) is 14.9 Å². The highest BCUT2D eigenvalue weighted by atomic mass is 16.6. The van der Waals surface area contributed by atoms with Crippen molar-refractivity contribution in [1.29, 1.82) is 0 Å². The number of benzene rings is 3. The monoisotopic (exact) mass is 414 g/mol. The van der Waals surface area contributed by atoms with Crippen molar-refractivity contribution in [1.82, 2.24) is 5.32 Å².